The van der Waals surface area contributed by atoms with Gasteiger partial charge in [0.15, 0.2) is 0 Å². The van der Waals surface area contributed by atoms with Gasteiger partial charge in [-0.25, -0.2) is 9.37 Å². The Hall–Kier alpha value is -2.25. The first-order valence-corrected chi connectivity index (χ1v) is 7.95. The molecule has 6 nitrogen and oxygen atoms in total. The molecule has 0 bridgehead atoms. The number of nitrogens with zero attached hydrogens (tertiary/aromatic N) is 2. The molecule has 0 spiro atoms. The molecule has 1 saturated heterocycles. The number of hydrogen-bond donors (Lipinski definition) is 2. The summed E-state index contributed by atoms with van der Waals surface area (Å²) in [5, 5.41) is 6.08. The second kappa shape index (κ2) is 7.11. The summed E-state index contributed by atoms with van der Waals surface area (Å²) < 4.78 is 21.3. The number of benzene rings is 1. The third-order valence-electron chi connectivity index (χ3n) is 4.46. The minimum atomic E-state index is -0.791. The molecule has 0 radical (unpaired) electrons. The van der Waals surface area contributed by atoms with Gasteiger partial charge in [0.1, 0.15) is 11.4 Å². The van der Waals surface area contributed by atoms with Gasteiger partial charge in [-0.2, -0.15) is 0 Å². The van der Waals surface area contributed by atoms with E-state index in [4.69, 9.17) is 4.74 Å². The Bertz CT molecular complexity index is 697. The molecule has 2 N–H and O–H groups in total. The maximum absolute atomic E-state index is 14.2. The summed E-state index contributed by atoms with van der Waals surface area (Å²) in [6.07, 6.45) is 6.07. The zero-order valence-corrected chi connectivity index (χ0v) is 13.6. The van der Waals surface area contributed by atoms with E-state index >= 15 is 0 Å². The molecular weight excluding hydrogens is 311 g/mol. The van der Waals surface area contributed by atoms with Crippen molar-refractivity contribution in [3.05, 3.63) is 48.3 Å². The summed E-state index contributed by atoms with van der Waals surface area (Å²) in [7, 11) is 1.56. The molecule has 1 aliphatic heterocycles. The maximum Gasteiger partial charge on any atom is 0.252 e. The monoisotopic (exact) mass is 332 g/mol. The number of amides is 1. The van der Waals surface area contributed by atoms with Gasteiger partial charge in [-0.3, -0.25) is 4.79 Å². The molecule has 0 unspecified atom stereocenters. The number of halogens is 1. The lowest BCUT2D eigenvalue weighted by Gasteiger charge is -2.34. The van der Waals surface area contributed by atoms with Crippen molar-refractivity contribution < 1.29 is 13.9 Å². The van der Waals surface area contributed by atoms with Gasteiger partial charge in [0.05, 0.1) is 12.0 Å². The fourth-order valence-corrected chi connectivity index (χ4v) is 2.97. The van der Waals surface area contributed by atoms with E-state index in [1.807, 2.05) is 0 Å². The number of rotatable bonds is 5. The largest absolute Gasteiger partial charge is 0.368 e. The molecule has 0 aliphatic carbocycles. The van der Waals surface area contributed by atoms with Crippen molar-refractivity contribution in [1.29, 1.82) is 0 Å². The number of ether oxygens (including phenoxy) is 1. The van der Waals surface area contributed by atoms with Crippen LogP contribution in [0.5, 0.6) is 0 Å². The summed E-state index contributed by atoms with van der Waals surface area (Å²) in [6, 6.07) is 4.90. The van der Waals surface area contributed by atoms with Crippen molar-refractivity contribution in [2.24, 2.45) is 0 Å². The number of imidazole rings is 1. The average Bonchev–Trinajstić information content (AvgIpc) is 3.14. The van der Waals surface area contributed by atoms with E-state index in [0.29, 0.717) is 24.1 Å². The predicted octanol–water partition coefficient (Wildman–Crippen LogP) is 1.40. The maximum atomic E-state index is 14.2. The second-order valence-corrected chi connectivity index (χ2v) is 5.89. The van der Waals surface area contributed by atoms with Crippen LogP contribution in [0, 0.1) is 5.82 Å². The smallest absolute Gasteiger partial charge is 0.252 e. The minimum Gasteiger partial charge on any atom is -0.368 e. The van der Waals surface area contributed by atoms with Gasteiger partial charge in [0.25, 0.3) is 5.91 Å². The third-order valence-corrected chi connectivity index (χ3v) is 4.46. The molecule has 1 amide bonds. The third kappa shape index (κ3) is 3.32. The first kappa shape index (κ1) is 16.6. The van der Waals surface area contributed by atoms with Crippen LogP contribution in [0.2, 0.25) is 0 Å². The number of methoxy groups -OCH3 is 1. The SMILES string of the molecule is COC1(C(=O)NCc2ccc(-n3ccnc3)c(F)c2)CCNCC1. The molecule has 1 aromatic heterocycles. The molecule has 7 heteroatoms. The summed E-state index contributed by atoms with van der Waals surface area (Å²) in [5.41, 5.74) is 0.333. The zero-order chi connectivity index (χ0) is 17.0. The Balaban J connectivity index is 1.66. The molecule has 2 heterocycles. The van der Waals surface area contributed by atoms with E-state index in [1.165, 1.54) is 6.07 Å². The summed E-state index contributed by atoms with van der Waals surface area (Å²) in [4.78, 5) is 16.4. The number of piperidine rings is 1. The lowest BCUT2D eigenvalue weighted by molar-refractivity contribution is -0.146. The Kier molecular flexibility index (Phi) is 4.92. The van der Waals surface area contributed by atoms with E-state index in [1.54, 1.807) is 42.5 Å². The molecule has 128 valence electrons. The fourth-order valence-electron chi connectivity index (χ4n) is 2.97. The van der Waals surface area contributed by atoms with Crippen LogP contribution in [0.3, 0.4) is 0 Å². The van der Waals surface area contributed by atoms with Crippen molar-refractivity contribution in [3.63, 3.8) is 0 Å². The molecule has 24 heavy (non-hydrogen) atoms. The van der Waals surface area contributed by atoms with Crippen LogP contribution in [-0.2, 0) is 16.1 Å². The zero-order valence-electron chi connectivity index (χ0n) is 13.6. The molecule has 2 aromatic rings. The van der Waals surface area contributed by atoms with Crippen LogP contribution in [0.4, 0.5) is 4.39 Å². The van der Waals surface area contributed by atoms with Gasteiger partial charge < -0.3 is 19.9 Å². The van der Waals surface area contributed by atoms with Gasteiger partial charge >= 0.3 is 0 Å². The quantitative estimate of drug-likeness (QED) is 0.868. The van der Waals surface area contributed by atoms with E-state index in [0.717, 1.165) is 13.1 Å². The average molecular weight is 332 g/mol. The second-order valence-electron chi connectivity index (χ2n) is 5.89. The minimum absolute atomic E-state index is 0.148. The van der Waals surface area contributed by atoms with Crippen molar-refractivity contribution >= 4 is 5.91 Å². The highest BCUT2D eigenvalue weighted by atomic mass is 19.1. The number of carbonyl (C=O) groups is 1. The van der Waals surface area contributed by atoms with Crippen LogP contribution in [0.25, 0.3) is 5.69 Å². The Labute approximate surface area is 140 Å². The Morgan fingerprint density at radius 2 is 2.25 bits per heavy atom. The standard InChI is InChI=1S/C17H21FN4O2/c1-24-17(4-6-19-7-5-17)16(23)21-11-13-2-3-15(14(18)10-13)22-9-8-20-12-22/h2-3,8-10,12,19H,4-7,11H2,1H3,(H,21,23). The Morgan fingerprint density at radius 3 is 2.88 bits per heavy atom. The lowest BCUT2D eigenvalue weighted by Crippen LogP contribution is -2.53. The molecule has 0 atom stereocenters. The number of aromatic nitrogens is 2. The molecule has 1 aromatic carbocycles. The first-order chi connectivity index (χ1) is 11.6. The van der Waals surface area contributed by atoms with E-state index in [2.05, 4.69) is 15.6 Å². The highest BCUT2D eigenvalue weighted by Crippen LogP contribution is 2.23. The van der Waals surface area contributed by atoms with Crippen LogP contribution in [0.15, 0.2) is 36.9 Å². The van der Waals surface area contributed by atoms with Gasteiger partial charge in [-0.1, -0.05) is 6.07 Å². The molecular formula is C17H21FN4O2. The van der Waals surface area contributed by atoms with Gasteiger partial charge in [-0.05, 0) is 43.6 Å². The van der Waals surface area contributed by atoms with Crippen LogP contribution >= 0.6 is 0 Å². The van der Waals surface area contributed by atoms with Gasteiger partial charge in [0, 0.05) is 26.0 Å². The van der Waals surface area contributed by atoms with Crippen molar-refractivity contribution in [2.75, 3.05) is 20.2 Å². The van der Waals surface area contributed by atoms with E-state index in [-0.39, 0.29) is 18.3 Å². The van der Waals surface area contributed by atoms with Crippen molar-refractivity contribution in [1.82, 2.24) is 20.2 Å². The topological polar surface area (TPSA) is 68.2 Å². The highest BCUT2D eigenvalue weighted by molar-refractivity contribution is 5.85. The van der Waals surface area contributed by atoms with Crippen LogP contribution < -0.4 is 10.6 Å². The highest BCUT2D eigenvalue weighted by Gasteiger charge is 2.39. The summed E-state index contributed by atoms with van der Waals surface area (Å²) in [5.74, 6) is -0.506. The Morgan fingerprint density at radius 1 is 1.46 bits per heavy atom. The van der Waals surface area contributed by atoms with E-state index in [9.17, 15) is 9.18 Å². The van der Waals surface area contributed by atoms with E-state index < -0.39 is 5.60 Å². The van der Waals surface area contributed by atoms with Gasteiger partial charge in [-0.15, -0.1) is 0 Å². The summed E-state index contributed by atoms with van der Waals surface area (Å²) in [6.45, 7) is 1.75. The van der Waals surface area contributed by atoms with Gasteiger partial charge in [0.2, 0.25) is 0 Å². The molecule has 1 aliphatic rings. The van der Waals surface area contributed by atoms with Crippen LogP contribution in [0.1, 0.15) is 18.4 Å². The lowest BCUT2D eigenvalue weighted by atomic mass is 9.91. The predicted molar refractivity (Wildman–Crippen MR) is 87.2 cm³/mol. The molecule has 3 rings (SSSR count). The normalized spacial score (nSPS) is 16.8. The van der Waals surface area contributed by atoms with Crippen molar-refractivity contribution in [2.45, 2.75) is 25.0 Å². The fraction of sp³-hybridized carbons (Fsp3) is 0.412. The first-order valence-electron chi connectivity index (χ1n) is 7.95. The number of nitrogens with one attached hydrogen (secondary N) is 2. The molecule has 1 fully saturated rings. The molecule has 0 saturated carbocycles. The summed E-state index contributed by atoms with van der Waals surface area (Å²) >= 11 is 0. The number of hydrogen-bond acceptors (Lipinski definition) is 4. The van der Waals surface area contributed by atoms with Crippen molar-refractivity contribution in [3.8, 4) is 5.69 Å². The van der Waals surface area contributed by atoms with Crippen LogP contribution in [-0.4, -0.2) is 41.3 Å². The number of carbonyl (C=O) groups excluding carboxylic acids is 1.